The molecule has 2 aliphatic rings. The smallest absolute Gasteiger partial charge is 0.204 e. The predicted octanol–water partition coefficient (Wildman–Crippen LogP) is 19.3. The number of methoxy groups -OCH3 is 2. The molecular formula is C84H66N4O10. The van der Waals surface area contributed by atoms with Crippen molar-refractivity contribution < 1.29 is 38.0 Å². The summed E-state index contributed by atoms with van der Waals surface area (Å²) in [5, 5.41) is 22.6. The van der Waals surface area contributed by atoms with Gasteiger partial charge in [0.05, 0.1) is 48.1 Å². The summed E-state index contributed by atoms with van der Waals surface area (Å²) in [5.41, 5.74) is 24.3. The Bertz CT molecular complexity index is 5370. The van der Waals surface area contributed by atoms with E-state index in [9.17, 15) is 19.8 Å². The summed E-state index contributed by atoms with van der Waals surface area (Å²) in [4.78, 5) is 46.5. The fraction of sp³-hybridized carbons (Fsp3) is 0.119. The minimum Gasteiger partial charge on any atom is -0.507 e. The minimum atomic E-state index is -0.362. The molecule has 15 rings (SSSR count). The minimum absolute atomic E-state index is 0.0642. The van der Waals surface area contributed by atoms with Gasteiger partial charge < -0.3 is 48.0 Å². The van der Waals surface area contributed by atoms with Gasteiger partial charge in [-0.2, -0.15) is 0 Å². The van der Waals surface area contributed by atoms with Gasteiger partial charge in [-0.25, -0.2) is 9.97 Å². The van der Waals surface area contributed by atoms with E-state index in [1.54, 1.807) is 74.9 Å². The van der Waals surface area contributed by atoms with E-state index in [0.29, 0.717) is 45.3 Å². The number of aromatic amines is 2. The summed E-state index contributed by atoms with van der Waals surface area (Å²) < 4.78 is 35.1. The quantitative estimate of drug-likeness (QED) is 0.0806. The Morgan fingerprint density at radius 3 is 1.05 bits per heavy atom. The molecule has 0 amide bonds. The zero-order chi connectivity index (χ0) is 67.6. The van der Waals surface area contributed by atoms with Gasteiger partial charge in [0.2, 0.25) is 10.9 Å². The zero-order valence-electron chi connectivity index (χ0n) is 55.1. The van der Waals surface area contributed by atoms with Crippen molar-refractivity contribution in [3.05, 3.63) is 270 Å². The third-order valence-corrected chi connectivity index (χ3v) is 18.4. The SMILES string of the molecule is COc1ccc(-c2coc3cc(OCc4ccc(-c5c6nc(c(-c7c(C)cc(C)cc7C)c7ccc([nH]7)c(-c7ccc(COc8cc(O)c9c(=O)c(-c%10ccc(OC)cc%10)coc9c8)cc7)c7nc(c(-c8c(C)cc(C)cc8C)c8ccc5[nH]8)C=C7)C=C6)cc4)cc(O)c3c2=O)cc1. The van der Waals surface area contributed by atoms with Crippen LogP contribution in [0.4, 0.5) is 0 Å². The summed E-state index contributed by atoms with van der Waals surface area (Å²) >= 11 is 0. The van der Waals surface area contributed by atoms with E-state index >= 15 is 0 Å². The van der Waals surface area contributed by atoms with Gasteiger partial charge in [-0.15, -0.1) is 0 Å². The third-order valence-electron chi connectivity index (χ3n) is 18.4. The molecule has 8 bridgehead atoms. The van der Waals surface area contributed by atoms with E-state index in [4.69, 9.17) is 37.7 Å². The highest BCUT2D eigenvalue weighted by molar-refractivity contribution is 6.01. The first-order valence-corrected chi connectivity index (χ1v) is 32.2. The van der Waals surface area contributed by atoms with Crippen molar-refractivity contribution >= 4 is 68.3 Å². The van der Waals surface area contributed by atoms with Crippen molar-refractivity contribution in [3.63, 3.8) is 0 Å². The van der Waals surface area contributed by atoms with Gasteiger partial charge >= 0.3 is 0 Å². The molecule has 0 saturated heterocycles. The van der Waals surface area contributed by atoms with Crippen LogP contribution in [0.1, 0.15) is 67.3 Å². The second-order valence-corrected chi connectivity index (χ2v) is 25.1. The third kappa shape index (κ3) is 11.4. The fourth-order valence-electron chi connectivity index (χ4n) is 13.9. The highest BCUT2D eigenvalue weighted by atomic mass is 16.5. The van der Waals surface area contributed by atoms with Crippen LogP contribution < -0.4 is 29.8 Å². The number of hydrogen-bond acceptors (Lipinski definition) is 12. The molecule has 7 heterocycles. The molecule has 0 aliphatic carbocycles. The van der Waals surface area contributed by atoms with Crippen LogP contribution in [0.2, 0.25) is 0 Å². The molecule has 14 nitrogen and oxygen atoms in total. The summed E-state index contributed by atoms with van der Waals surface area (Å²) in [7, 11) is 3.16. The number of aryl methyl sites for hydroxylation is 6. The number of aromatic nitrogens is 4. The van der Waals surface area contributed by atoms with Crippen molar-refractivity contribution in [2.45, 2.75) is 54.8 Å². The molecule has 0 atom stereocenters. The lowest BCUT2D eigenvalue weighted by Gasteiger charge is -2.13. The van der Waals surface area contributed by atoms with Gasteiger partial charge in [-0.3, -0.25) is 9.59 Å². The topological polar surface area (TPSA) is 195 Å². The first-order chi connectivity index (χ1) is 47.5. The molecule has 14 heteroatoms. The fourth-order valence-corrected chi connectivity index (χ4v) is 13.9. The maximum atomic E-state index is 13.7. The maximum absolute atomic E-state index is 13.7. The largest absolute Gasteiger partial charge is 0.507 e. The van der Waals surface area contributed by atoms with Crippen LogP contribution in [-0.2, 0) is 13.2 Å². The molecule has 482 valence electrons. The molecule has 0 spiro atoms. The van der Waals surface area contributed by atoms with Gasteiger partial charge in [0.1, 0.15) is 82.2 Å². The summed E-state index contributed by atoms with van der Waals surface area (Å²) in [5.74, 6) is 1.50. The van der Waals surface area contributed by atoms with Gasteiger partial charge in [-0.05, 0) is 181 Å². The first kappa shape index (κ1) is 61.7. The standard InChI is InChI=1S/C84H66N4O10/c1-45-33-47(3)75(48(4)34-45)79-67-29-25-63(85-67)77(55-13-9-51(10-14-55)41-95-59-37-71(89)81-73(39-59)97-43-61(83(81)91)53-17-21-57(93-7)22-18-53)65-27-31-69(87-65)80(76-49(5)35-46(2)36-50(76)6)70-32-28-66(88-70)78(64-26-30-68(79)86-64)56-15-11-52(12-16-56)42-96-60-38-72(90)82-74(40-60)98-44-62(84(82)92)54-19-23-58(94-8)24-20-54/h9-40,43-44,85,88-90H,41-42H2,1-8H3. The van der Waals surface area contributed by atoms with Crippen LogP contribution in [0.25, 0.3) is 135 Å². The van der Waals surface area contributed by atoms with Gasteiger partial charge in [0.25, 0.3) is 0 Å². The van der Waals surface area contributed by atoms with Crippen molar-refractivity contribution in [1.82, 2.24) is 19.9 Å². The van der Waals surface area contributed by atoms with E-state index in [1.165, 1.54) is 24.7 Å². The van der Waals surface area contributed by atoms with Crippen molar-refractivity contribution in [1.29, 1.82) is 0 Å². The van der Waals surface area contributed by atoms with Gasteiger partial charge in [0.15, 0.2) is 0 Å². The van der Waals surface area contributed by atoms with Crippen molar-refractivity contribution in [3.8, 4) is 101 Å². The van der Waals surface area contributed by atoms with Crippen LogP contribution in [0.15, 0.2) is 201 Å². The number of phenolic OH excluding ortho intramolecular Hbond substituents is 2. The molecule has 0 radical (unpaired) electrons. The van der Waals surface area contributed by atoms with E-state index in [-0.39, 0.29) is 57.5 Å². The number of fused-ring (bicyclic) bond motifs is 10. The van der Waals surface area contributed by atoms with Crippen molar-refractivity contribution in [2.24, 2.45) is 0 Å². The number of nitrogens with zero attached hydrogens (tertiary/aromatic N) is 2. The normalized spacial score (nSPS) is 11.8. The number of aromatic hydroxyl groups is 2. The number of hydrogen-bond donors (Lipinski definition) is 4. The van der Waals surface area contributed by atoms with E-state index in [2.05, 4.69) is 149 Å². The molecule has 13 aromatic rings. The number of phenols is 2. The Labute approximate surface area is 563 Å². The van der Waals surface area contributed by atoms with Gasteiger partial charge in [0, 0.05) is 68.6 Å². The Kier molecular flexibility index (Phi) is 15.8. The summed E-state index contributed by atoms with van der Waals surface area (Å²) in [6, 6.07) is 54.1. The summed E-state index contributed by atoms with van der Waals surface area (Å²) in [6.07, 6.45) is 11.2. The number of H-pyrrole nitrogens is 2. The van der Waals surface area contributed by atoms with Crippen LogP contribution in [0.5, 0.6) is 34.5 Å². The summed E-state index contributed by atoms with van der Waals surface area (Å²) in [6.45, 7) is 13.2. The molecule has 0 saturated carbocycles. The van der Waals surface area contributed by atoms with Crippen LogP contribution in [0.3, 0.4) is 0 Å². The lowest BCUT2D eigenvalue weighted by Crippen LogP contribution is -2.05. The van der Waals surface area contributed by atoms with Crippen molar-refractivity contribution in [2.75, 3.05) is 14.2 Å². The van der Waals surface area contributed by atoms with E-state index in [1.807, 2.05) is 24.3 Å². The van der Waals surface area contributed by atoms with E-state index < -0.39 is 0 Å². The highest BCUT2D eigenvalue weighted by Crippen LogP contribution is 2.43. The average Bonchev–Trinajstić information content (AvgIpc) is 1.48. The molecule has 0 fully saturated rings. The highest BCUT2D eigenvalue weighted by Gasteiger charge is 2.24. The lowest BCUT2D eigenvalue weighted by molar-refractivity contribution is 0.304. The van der Waals surface area contributed by atoms with Crippen LogP contribution >= 0.6 is 0 Å². The van der Waals surface area contributed by atoms with Crippen LogP contribution in [0, 0.1) is 41.5 Å². The Morgan fingerprint density at radius 1 is 0.378 bits per heavy atom. The monoisotopic (exact) mass is 1290 g/mol. The second-order valence-electron chi connectivity index (χ2n) is 25.1. The average molecular weight is 1290 g/mol. The molecule has 0 unspecified atom stereocenters. The lowest BCUT2D eigenvalue weighted by atomic mass is 9.92. The molecule has 2 aliphatic heterocycles. The number of ether oxygens (including phenoxy) is 4. The molecule has 4 N–H and O–H groups in total. The predicted molar refractivity (Wildman–Crippen MR) is 390 cm³/mol. The number of rotatable bonds is 14. The molecular weight excluding hydrogens is 1220 g/mol. The first-order valence-electron chi connectivity index (χ1n) is 32.2. The Balaban J connectivity index is 0.830. The van der Waals surface area contributed by atoms with Gasteiger partial charge in [-0.1, -0.05) is 108 Å². The molecule has 5 aromatic heterocycles. The number of nitrogens with one attached hydrogen (secondary N) is 2. The maximum Gasteiger partial charge on any atom is 0.204 e. The zero-order valence-corrected chi connectivity index (χ0v) is 55.1. The van der Waals surface area contributed by atoms with E-state index in [0.717, 1.165) is 134 Å². The number of benzene rings is 8. The second kappa shape index (κ2) is 25.0. The Morgan fingerprint density at radius 2 is 0.704 bits per heavy atom. The Hall–Kier alpha value is -12.4. The molecule has 98 heavy (non-hydrogen) atoms. The molecule has 8 aromatic carbocycles. The van der Waals surface area contributed by atoms with Crippen LogP contribution in [-0.4, -0.2) is 44.4 Å².